The molecule has 8 nitrogen and oxygen atoms in total. The van der Waals surface area contributed by atoms with Crippen molar-refractivity contribution in [3.05, 3.63) is 65.7 Å². The van der Waals surface area contributed by atoms with Crippen molar-refractivity contribution in [1.82, 2.24) is 35.5 Å². The van der Waals surface area contributed by atoms with Crippen molar-refractivity contribution in [2.24, 2.45) is 5.92 Å². The molecule has 2 atom stereocenters. The molecule has 4 rings (SSSR count). The summed E-state index contributed by atoms with van der Waals surface area (Å²) in [5, 5.41) is 14.6. The molecule has 0 radical (unpaired) electrons. The Hall–Kier alpha value is -3.55. The third-order valence-corrected chi connectivity index (χ3v) is 5.20. The number of aryl methyl sites for hydroxylation is 1. The number of hydrogen-bond donors (Lipinski definition) is 2. The minimum Gasteiger partial charge on any atom is -0.342 e. The first kappa shape index (κ1) is 18.8. The maximum atomic E-state index is 12.9. The molecule has 4 aromatic rings. The van der Waals surface area contributed by atoms with Crippen molar-refractivity contribution in [3.8, 4) is 5.69 Å². The average Bonchev–Trinajstić information content (AvgIpc) is 3.37. The van der Waals surface area contributed by atoms with Gasteiger partial charge >= 0.3 is 0 Å². The fourth-order valence-corrected chi connectivity index (χ4v) is 3.28. The average molecular weight is 389 g/mol. The summed E-state index contributed by atoms with van der Waals surface area (Å²) in [6.07, 6.45) is 0.916. The van der Waals surface area contributed by atoms with Crippen LogP contribution in [0.5, 0.6) is 0 Å². The van der Waals surface area contributed by atoms with Crippen molar-refractivity contribution in [3.63, 3.8) is 0 Å². The lowest BCUT2D eigenvalue weighted by Crippen LogP contribution is -2.33. The van der Waals surface area contributed by atoms with Crippen molar-refractivity contribution >= 4 is 16.9 Å². The van der Waals surface area contributed by atoms with E-state index < -0.39 is 0 Å². The highest BCUT2D eigenvalue weighted by Gasteiger charge is 2.24. The number of carbonyl (C=O) groups is 1. The summed E-state index contributed by atoms with van der Waals surface area (Å²) in [7, 11) is 0. The van der Waals surface area contributed by atoms with Gasteiger partial charge in [0, 0.05) is 5.56 Å². The first-order valence-electron chi connectivity index (χ1n) is 9.67. The van der Waals surface area contributed by atoms with Crippen molar-refractivity contribution in [2.45, 2.75) is 33.2 Å². The van der Waals surface area contributed by atoms with Gasteiger partial charge in [-0.05, 0) is 59.7 Å². The second-order valence-corrected chi connectivity index (χ2v) is 7.16. The summed E-state index contributed by atoms with van der Waals surface area (Å²) in [6.45, 7) is 6.04. The Morgan fingerprint density at radius 2 is 1.93 bits per heavy atom. The number of aromatic amines is 1. The zero-order valence-corrected chi connectivity index (χ0v) is 16.6. The summed E-state index contributed by atoms with van der Waals surface area (Å²) in [5.41, 5.74) is 3.24. The minimum absolute atomic E-state index is 0.143. The van der Waals surface area contributed by atoms with Crippen LogP contribution >= 0.6 is 0 Å². The van der Waals surface area contributed by atoms with E-state index in [1.54, 1.807) is 16.8 Å². The summed E-state index contributed by atoms with van der Waals surface area (Å²) >= 11 is 0. The third-order valence-electron chi connectivity index (χ3n) is 5.20. The molecular weight excluding hydrogens is 366 g/mol. The van der Waals surface area contributed by atoms with Gasteiger partial charge in [0.2, 0.25) is 0 Å². The van der Waals surface area contributed by atoms with Crippen molar-refractivity contribution in [1.29, 1.82) is 0 Å². The lowest BCUT2D eigenvalue weighted by molar-refractivity contribution is 0.0920. The Labute approximate surface area is 168 Å². The first-order chi connectivity index (χ1) is 14.1. The first-order valence-corrected chi connectivity index (χ1v) is 9.67. The van der Waals surface area contributed by atoms with Crippen molar-refractivity contribution < 1.29 is 4.79 Å². The van der Waals surface area contributed by atoms with Crippen LogP contribution in [0.15, 0.2) is 48.5 Å². The van der Waals surface area contributed by atoms with Gasteiger partial charge in [-0.1, -0.05) is 32.4 Å². The van der Waals surface area contributed by atoms with Gasteiger partial charge in [0.05, 0.1) is 22.8 Å². The van der Waals surface area contributed by atoms with Gasteiger partial charge in [-0.15, -0.1) is 5.10 Å². The number of amides is 1. The molecule has 29 heavy (non-hydrogen) atoms. The lowest BCUT2D eigenvalue weighted by atomic mass is 9.98. The topological polar surface area (TPSA) is 101 Å². The van der Waals surface area contributed by atoms with Crippen LogP contribution in [0, 0.1) is 12.8 Å². The number of para-hydroxylation sites is 2. The molecule has 8 heteroatoms. The molecular formula is C21H23N7O. The van der Waals surface area contributed by atoms with Gasteiger partial charge < -0.3 is 10.3 Å². The van der Waals surface area contributed by atoms with E-state index in [9.17, 15) is 4.79 Å². The number of fused-ring (bicyclic) bond motifs is 1. The molecule has 0 fully saturated rings. The van der Waals surface area contributed by atoms with Crippen LogP contribution < -0.4 is 5.32 Å². The Kier molecular flexibility index (Phi) is 5.07. The molecule has 0 saturated heterocycles. The molecule has 0 aliphatic heterocycles. The number of tetrazole rings is 1. The van der Waals surface area contributed by atoms with E-state index in [4.69, 9.17) is 4.98 Å². The van der Waals surface area contributed by atoms with Crippen LogP contribution in [-0.4, -0.2) is 36.1 Å². The van der Waals surface area contributed by atoms with Gasteiger partial charge in [0.1, 0.15) is 5.82 Å². The number of benzene rings is 2. The Bertz CT molecular complexity index is 1100. The monoisotopic (exact) mass is 389 g/mol. The van der Waals surface area contributed by atoms with E-state index in [0.29, 0.717) is 11.4 Å². The number of H-pyrrole nitrogens is 1. The van der Waals surface area contributed by atoms with Crippen molar-refractivity contribution in [2.75, 3.05) is 0 Å². The van der Waals surface area contributed by atoms with E-state index in [1.165, 1.54) is 0 Å². The highest BCUT2D eigenvalue weighted by atomic mass is 16.1. The highest BCUT2D eigenvalue weighted by Crippen LogP contribution is 2.25. The second kappa shape index (κ2) is 7.83. The summed E-state index contributed by atoms with van der Waals surface area (Å²) in [6, 6.07) is 14.9. The molecule has 2 aromatic heterocycles. The van der Waals surface area contributed by atoms with E-state index in [1.807, 2.05) is 43.3 Å². The zero-order chi connectivity index (χ0) is 20.4. The summed E-state index contributed by atoms with van der Waals surface area (Å²) in [4.78, 5) is 21.0. The number of rotatable bonds is 6. The number of aromatic nitrogens is 6. The molecule has 148 valence electrons. The molecule has 2 N–H and O–H groups in total. The SMILES string of the molecule is CC[C@@H](C)[C@@H](NC(=O)c1ccc(-n2nnnc2C)cc1)c1nc2ccccc2[nH]1. The quantitative estimate of drug-likeness (QED) is 0.526. The van der Waals surface area contributed by atoms with Gasteiger partial charge in [0.15, 0.2) is 5.82 Å². The normalized spacial score (nSPS) is 13.3. The number of nitrogens with one attached hydrogen (secondary N) is 2. The van der Waals surface area contributed by atoms with Crippen LogP contribution in [0.4, 0.5) is 0 Å². The van der Waals surface area contributed by atoms with Crippen LogP contribution in [0.2, 0.25) is 0 Å². The Morgan fingerprint density at radius 1 is 1.17 bits per heavy atom. The fourth-order valence-electron chi connectivity index (χ4n) is 3.28. The van der Waals surface area contributed by atoms with Crippen LogP contribution in [-0.2, 0) is 0 Å². The Balaban J connectivity index is 1.57. The Morgan fingerprint density at radius 3 is 2.59 bits per heavy atom. The summed E-state index contributed by atoms with van der Waals surface area (Å²) < 4.78 is 1.62. The molecule has 0 spiro atoms. The fraction of sp³-hybridized carbons (Fsp3) is 0.286. The van der Waals surface area contributed by atoms with Crippen LogP contribution in [0.25, 0.3) is 16.7 Å². The summed E-state index contributed by atoms with van der Waals surface area (Å²) in [5.74, 6) is 1.54. The molecule has 0 aliphatic rings. The molecule has 1 amide bonds. The minimum atomic E-state index is -0.207. The standard InChI is InChI=1S/C21H23N7O/c1-4-13(2)19(20-22-17-7-5-6-8-18(17)23-20)24-21(29)15-9-11-16(12-10-15)28-14(3)25-26-27-28/h5-13,19H,4H2,1-3H3,(H,22,23)(H,24,29)/t13-,19-/m1/s1. The molecule has 0 unspecified atom stereocenters. The van der Waals surface area contributed by atoms with Crippen LogP contribution in [0.3, 0.4) is 0 Å². The van der Waals surface area contributed by atoms with E-state index >= 15 is 0 Å². The maximum absolute atomic E-state index is 12.9. The second-order valence-electron chi connectivity index (χ2n) is 7.16. The van der Waals surface area contributed by atoms with E-state index in [2.05, 4.69) is 39.7 Å². The number of carbonyl (C=O) groups excluding carboxylic acids is 1. The van der Waals surface area contributed by atoms with Gasteiger partial charge in [-0.25, -0.2) is 4.98 Å². The smallest absolute Gasteiger partial charge is 0.251 e. The molecule has 2 heterocycles. The zero-order valence-electron chi connectivity index (χ0n) is 16.6. The molecule has 2 aromatic carbocycles. The van der Waals surface area contributed by atoms with E-state index in [-0.39, 0.29) is 17.9 Å². The van der Waals surface area contributed by atoms with Gasteiger partial charge in [-0.2, -0.15) is 4.68 Å². The molecule has 0 bridgehead atoms. The highest BCUT2D eigenvalue weighted by molar-refractivity contribution is 5.94. The molecule has 0 aliphatic carbocycles. The largest absolute Gasteiger partial charge is 0.342 e. The molecule has 0 saturated carbocycles. The number of nitrogens with zero attached hydrogens (tertiary/aromatic N) is 5. The lowest BCUT2D eigenvalue weighted by Gasteiger charge is -2.22. The maximum Gasteiger partial charge on any atom is 0.251 e. The van der Waals surface area contributed by atoms with Gasteiger partial charge in [-0.3, -0.25) is 4.79 Å². The number of imidazole rings is 1. The predicted octanol–water partition coefficient (Wildman–Crippen LogP) is 3.36. The predicted molar refractivity (Wildman–Crippen MR) is 110 cm³/mol. The third kappa shape index (κ3) is 3.73. The van der Waals surface area contributed by atoms with Gasteiger partial charge in [0.25, 0.3) is 5.91 Å². The van der Waals surface area contributed by atoms with E-state index in [0.717, 1.165) is 29.0 Å². The van der Waals surface area contributed by atoms with Crippen LogP contribution in [0.1, 0.15) is 48.3 Å². The number of hydrogen-bond acceptors (Lipinski definition) is 5.